The molecule has 0 N–H and O–H groups in total. The van der Waals surface area contributed by atoms with E-state index in [9.17, 15) is 9.18 Å². The Kier molecular flexibility index (Phi) is 4.97. The Morgan fingerprint density at radius 1 is 1.20 bits per heavy atom. The summed E-state index contributed by atoms with van der Waals surface area (Å²) >= 11 is 0. The van der Waals surface area contributed by atoms with Gasteiger partial charge in [0.15, 0.2) is 0 Å². The molecule has 1 aromatic heterocycles. The Labute approximate surface area is 147 Å². The molecule has 1 amide bonds. The van der Waals surface area contributed by atoms with Gasteiger partial charge in [0.25, 0.3) is 5.91 Å². The van der Waals surface area contributed by atoms with E-state index in [0.29, 0.717) is 5.56 Å². The zero-order chi connectivity index (χ0) is 18.0. The topological polar surface area (TPSA) is 49.3 Å². The van der Waals surface area contributed by atoms with Crippen LogP contribution in [0.3, 0.4) is 0 Å². The number of hydrogen-bond acceptors (Lipinski definition) is 4. The van der Waals surface area contributed by atoms with Gasteiger partial charge in [-0.25, -0.2) is 14.4 Å². The van der Waals surface area contributed by atoms with Gasteiger partial charge in [-0.05, 0) is 44.9 Å². The van der Waals surface area contributed by atoms with Crippen molar-refractivity contribution in [1.82, 2.24) is 14.9 Å². The van der Waals surface area contributed by atoms with E-state index in [-0.39, 0.29) is 17.8 Å². The number of halogens is 1. The summed E-state index contributed by atoms with van der Waals surface area (Å²) in [4.78, 5) is 25.4. The third kappa shape index (κ3) is 3.95. The number of carbonyl (C=O) groups excluding carboxylic acids is 1. The van der Waals surface area contributed by atoms with Crippen LogP contribution < -0.4 is 4.90 Å². The summed E-state index contributed by atoms with van der Waals surface area (Å²) in [7, 11) is 1.80. The Balaban J connectivity index is 1.64. The van der Waals surface area contributed by atoms with Gasteiger partial charge in [-0.15, -0.1) is 0 Å². The number of aryl methyl sites for hydroxylation is 2. The van der Waals surface area contributed by atoms with Gasteiger partial charge >= 0.3 is 0 Å². The van der Waals surface area contributed by atoms with E-state index in [1.807, 2.05) is 19.9 Å². The van der Waals surface area contributed by atoms with E-state index in [4.69, 9.17) is 0 Å². The number of aromatic nitrogens is 2. The Bertz CT molecular complexity index is 752. The monoisotopic (exact) mass is 342 g/mol. The minimum Gasteiger partial charge on any atom is -0.356 e. The fraction of sp³-hybridized carbons (Fsp3) is 0.421. The van der Waals surface area contributed by atoms with Gasteiger partial charge in [0.2, 0.25) is 0 Å². The van der Waals surface area contributed by atoms with E-state index in [2.05, 4.69) is 14.9 Å². The minimum atomic E-state index is -0.386. The lowest BCUT2D eigenvalue weighted by Gasteiger charge is -2.37. The highest BCUT2D eigenvalue weighted by Crippen LogP contribution is 2.22. The quantitative estimate of drug-likeness (QED) is 0.860. The molecule has 1 aliphatic heterocycles. The first-order chi connectivity index (χ1) is 11.9. The SMILES string of the molecule is Cc1cc(N2CCC(N(C)C(=O)c3cccc(F)c3)CC2)nc(C)n1. The van der Waals surface area contributed by atoms with Crippen molar-refractivity contribution in [3.63, 3.8) is 0 Å². The number of carbonyl (C=O) groups is 1. The Morgan fingerprint density at radius 3 is 2.56 bits per heavy atom. The molecule has 1 aromatic carbocycles. The van der Waals surface area contributed by atoms with Crippen LogP contribution in [-0.4, -0.2) is 47.0 Å². The van der Waals surface area contributed by atoms with Crippen LogP contribution in [0.15, 0.2) is 30.3 Å². The van der Waals surface area contributed by atoms with Crippen LogP contribution in [0.2, 0.25) is 0 Å². The van der Waals surface area contributed by atoms with E-state index in [0.717, 1.165) is 43.3 Å². The molecule has 6 heteroatoms. The average molecular weight is 342 g/mol. The normalized spacial score (nSPS) is 15.3. The van der Waals surface area contributed by atoms with Crippen molar-refractivity contribution in [2.45, 2.75) is 32.7 Å². The third-order valence-corrected chi connectivity index (χ3v) is 4.68. The predicted octanol–water partition coefficient (Wildman–Crippen LogP) is 2.97. The third-order valence-electron chi connectivity index (χ3n) is 4.68. The molecular weight excluding hydrogens is 319 g/mol. The van der Waals surface area contributed by atoms with Crippen LogP contribution in [0, 0.1) is 19.7 Å². The second kappa shape index (κ2) is 7.17. The summed E-state index contributed by atoms with van der Waals surface area (Å²) in [6, 6.07) is 8.01. The molecule has 25 heavy (non-hydrogen) atoms. The molecule has 0 spiro atoms. The van der Waals surface area contributed by atoms with Crippen LogP contribution in [0.5, 0.6) is 0 Å². The van der Waals surface area contributed by atoms with Crippen molar-refractivity contribution in [1.29, 1.82) is 0 Å². The number of nitrogens with zero attached hydrogens (tertiary/aromatic N) is 4. The van der Waals surface area contributed by atoms with Gasteiger partial charge in [-0.3, -0.25) is 4.79 Å². The molecule has 2 heterocycles. The van der Waals surface area contributed by atoms with E-state index in [1.54, 1.807) is 24.1 Å². The number of anilines is 1. The maximum absolute atomic E-state index is 13.3. The van der Waals surface area contributed by atoms with Crippen molar-refractivity contribution < 1.29 is 9.18 Å². The largest absolute Gasteiger partial charge is 0.356 e. The summed E-state index contributed by atoms with van der Waals surface area (Å²) in [6.07, 6.45) is 1.72. The summed E-state index contributed by atoms with van der Waals surface area (Å²) in [6.45, 7) is 5.54. The van der Waals surface area contributed by atoms with Gasteiger partial charge in [0.05, 0.1) is 0 Å². The van der Waals surface area contributed by atoms with Crippen molar-refractivity contribution in [2.24, 2.45) is 0 Å². The maximum Gasteiger partial charge on any atom is 0.253 e. The molecule has 0 atom stereocenters. The lowest BCUT2D eigenvalue weighted by molar-refractivity contribution is 0.0708. The van der Waals surface area contributed by atoms with Gasteiger partial charge < -0.3 is 9.80 Å². The van der Waals surface area contributed by atoms with Crippen LogP contribution in [0.4, 0.5) is 10.2 Å². The van der Waals surface area contributed by atoms with E-state index >= 15 is 0 Å². The number of amides is 1. The molecule has 1 fully saturated rings. The second-order valence-electron chi connectivity index (χ2n) is 6.56. The zero-order valence-electron chi connectivity index (χ0n) is 14.9. The number of piperidine rings is 1. The zero-order valence-corrected chi connectivity index (χ0v) is 14.9. The summed E-state index contributed by atoms with van der Waals surface area (Å²) < 4.78 is 13.3. The van der Waals surface area contributed by atoms with Gasteiger partial charge in [-0.2, -0.15) is 0 Å². The second-order valence-corrected chi connectivity index (χ2v) is 6.56. The number of hydrogen-bond donors (Lipinski definition) is 0. The van der Waals surface area contributed by atoms with E-state index < -0.39 is 0 Å². The molecular formula is C19H23FN4O. The van der Waals surface area contributed by atoms with Gasteiger partial charge in [0.1, 0.15) is 17.5 Å². The lowest BCUT2D eigenvalue weighted by atomic mass is 10.0. The van der Waals surface area contributed by atoms with Crippen LogP contribution in [0.1, 0.15) is 34.7 Å². The molecule has 0 unspecified atom stereocenters. The van der Waals surface area contributed by atoms with Gasteiger partial charge in [-0.1, -0.05) is 6.07 Å². The van der Waals surface area contributed by atoms with Gasteiger partial charge in [0, 0.05) is 43.5 Å². The number of benzene rings is 1. The van der Waals surface area contributed by atoms with Crippen LogP contribution >= 0.6 is 0 Å². The Hall–Kier alpha value is -2.50. The first kappa shape index (κ1) is 17.3. The molecule has 1 aliphatic rings. The molecule has 0 bridgehead atoms. The smallest absolute Gasteiger partial charge is 0.253 e. The lowest BCUT2D eigenvalue weighted by Crippen LogP contribution is -2.46. The molecule has 3 rings (SSSR count). The summed E-state index contributed by atoms with van der Waals surface area (Å²) in [5, 5.41) is 0. The average Bonchev–Trinajstić information content (AvgIpc) is 2.60. The highest BCUT2D eigenvalue weighted by molar-refractivity contribution is 5.94. The maximum atomic E-state index is 13.3. The fourth-order valence-corrected chi connectivity index (χ4v) is 3.33. The van der Waals surface area contributed by atoms with Crippen molar-refractivity contribution in [2.75, 3.05) is 25.0 Å². The summed E-state index contributed by atoms with van der Waals surface area (Å²) in [5.74, 6) is 1.20. The standard InChI is InChI=1S/C19H23FN4O/c1-13-11-18(22-14(2)21-13)24-9-7-17(8-10-24)23(3)19(25)15-5-4-6-16(20)12-15/h4-6,11-12,17H,7-10H2,1-3H3. The highest BCUT2D eigenvalue weighted by Gasteiger charge is 2.26. The molecule has 132 valence electrons. The molecule has 0 aliphatic carbocycles. The van der Waals surface area contributed by atoms with Crippen molar-refractivity contribution in [3.05, 3.63) is 53.2 Å². The summed E-state index contributed by atoms with van der Waals surface area (Å²) in [5.41, 5.74) is 1.36. The minimum absolute atomic E-state index is 0.133. The highest BCUT2D eigenvalue weighted by atomic mass is 19.1. The first-order valence-corrected chi connectivity index (χ1v) is 8.54. The van der Waals surface area contributed by atoms with E-state index in [1.165, 1.54) is 12.1 Å². The van der Waals surface area contributed by atoms with Crippen molar-refractivity contribution >= 4 is 11.7 Å². The van der Waals surface area contributed by atoms with Crippen LogP contribution in [0.25, 0.3) is 0 Å². The molecule has 0 saturated carbocycles. The molecule has 5 nitrogen and oxygen atoms in total. The molecule has 0 radical (unpaired) electrons. The molecule has 1 saturated heterocycles. The van der Waals surface area contributed by atoms with Crippen molar-refractivity contribution in [3.8, 4) is 0 Å². The van der Waals surface area contributed by atoms with Crippen LogP contribution in [-0.2, 0) is 0 Å². The number of rotatable bonds is 3. The molecule has 2 aromatic rings. The predicted molar refractivity (Wildman–Crippen MR) is 95.2 cm³/mol. The fourth-order valence-electron chi connectivity index (χ4n) is 3.33. The Morgan fingerprint density at radius 2 is 1.92 bits per heavy atom. The first-order valence-electron chi connectivity index (χ1n) is 8.54.